The summed E-state index contributed by atoms with van der Waals surface area (Å²) in [4.78, 5) is 36.2. The van der Waals surface area contributed by atoms with Crippen molar-refractivity contribution < 1.29 is 19.2 Å². The summed E-state index contributed by atoms with van der Waals surface area (Å²) in [5, 5.41) is 13.5. The number of hydrogen-bond donors (Lipinski definition) is 1. The number of anilines is 1. The van der Waals surface area contributed by atoms with Crippen LogP contribution < -0.4 is 10.2 Å². The fraction of sp³-hybridized carbons (Fsp3) is 0.300. The number of nitrogens with one attached hydrogen (secondary N) is 1. The molecule has 0 saturated heterocycles. The second-order valence-electron chi connectivity index (χ2n) is 6.30. The average Bonchev–Trinajstić information content (AvgIpc) is 2.69. The van der Waals surface area contributed by atoms with Crippen molar-refractivity contribution in [1.29, 1.82) is 0 Å². The van der Waals surface area contributed by atoms with Gasteiger partial charge in [-0.2, -0.15) is 0 Å². The summed E-state index contributed by atoms with van der Waals surface area (Å²) in [7, 11) is 1.98. The molecule has 0 heterocycles. The maximum absolute atomic E-state index is 12.0. The molecule has 0 aromatic heterocycles. The normalized spacial score (nSPS) is 10.2. The number of esters is 1. The van der Waals surface area contributed by atoms with Crippen LogP contribution in [0.1, 0.15) is 22.3 Å². The van der Waals surface area contributed by atoms with Gasteiger partial charge in [0.2, 0.25) is 0 Å². The van der Waals surface area contributed by atoms with Gasteiger partial charge >= 0.3 is 5.97 Å². The smallest absolute Gasteiger partial charge is 0.338 e. The predicted molar refractivity (Wildman–Crippen MR) is 105 cm³/mol. The highest BCUT2D eigenvalue weighted by Gasteiger charge is 2.15. The minimum Gasteiger partial charge on any atom is -0.452 e. The molecule has 1 N–H and O–H groups in total. The van der Waals surface area contributed by atoms with E-state index in [1.165, 1.54) is 25.1 Å². The van der Waals surface area contributed by atoms with Gasteiger partial charge in [-0.3, -0.25) is 14.9 Å². The number of para-hydroxylation sites is 1. The Morgan fingerprint density at radius 1 is 1.18 bits per heavy atom. The quantitative estimate of drug-likeness (QED) is 0.308. The van der Waals surface area contributed by atoms with Crippen molar-refractivity contribution in [2.75, 3.05) is 31.6 Å². The molecule has 8 heteroatoms. The van der Waals surface area contributed by atoms with E-state index in [-0.39, 0.29) is 11.3 Å². The Bertz CT molecular complexity index is 839. The average molecular weight is 385 g/mol. The zero-order valence-corrected chi connectivity index (χ0v) is 15.9. The molecule has 0 aliphatic carbocycles. The van der Waals surface area contributed by atoms with Crippen LogP contribution in [0.15, 0.2) is 48.5 Å². The maximum Gasteiger partial charge on any atom is 0.338 e. The lowest BCUT2D eigenvalue weighted by atomic mass is 10.1. The Kier molecular flexibility index (Phi) is 7.50. The monoisotopic (exact) mass is 385 g/mol. The first-order valence-corrected chi connectivity index (χ1v) is 8.83. The first-order chi connectivity index (χ1) is 13.4. The van der Waals surface area contributed by atoms with Crippen LogP contribution in [0.3, 0.4) is 0 Å². The number of carbonyl (C=O) groups is 2. The van der Waals surface area contributed by atoms with Crippen LogP contribution >= 0.6 is 0 Å². The largest absolute Gasteiger partial charge is 0.452 e. The van der Waals surface area contributed by atoms with Crippen LogP contribution in [0.2, 0.25) is 0 Å². The Morgan fingerprint density at radius 3 is 2.54 bits per heavy atom. The third-order valence-electron chi connectivity index (χ3n) is 4.15. The molecule has 148 valence electrons. The Hall–Kier alpha value is -3.42. The molecule has 8 nitrogen and oxygen atoms in total. The van der Waals surface area contributed by atoms with Gasteiger partial charge in [0.05, 0.1) is 10.5 Å². The molecule has 0 saturated carbocycles. The minimum absolute atomic E-state index is 0.0743. The number of benzene rings is 2. The van der Waals surface area contributed by atoms with Gasteiger partial charge in [0.1, 0.15) is 0 Å². The van der Waals surface area contributed by atoms with E-state index in [4.69, 9.17) is 4.74 Å². The zero-order valence-electron chi connectivity index (χ0n) is 15.9. The number of ether oxygens (including phenoxy) is 1. The van der Waals surface area contributed by atoms with Crippen molar-refractivity contribution >= 4 is 23.3 Å². The van der Waals surface area contributed by atoms with Crippen molar-refractivity contribution in [3.05, 3.63) is 69.8 Å². The number of nitro benzene ring substituents is 1. The molecule has 1 amide bonds. The highest BCUT2D eigenvalue weighted by Crippen LogP contribution is 2.19. The van der Waals surface area contributed by atoms with Crippen LogP contribution in [0.25, 0.3) is 0 Å². The van der Waals surface area contributed by atoms with Crippen molar-refractivity contribution in [1.82, 2.24) is 5.32 Å². The molecule has 0 unspecified atom stereocenters. The SMILES string of the molecule is Cc1cc(C(=O)OCC(=O)NCCCN(C)c2ccccc2)ccc1[N+](=O)[O-]. The highest BCUT2D eigenvalue weighted by atomic mass is 16.6. The highest BCUT2D eigenvalue weighted by molar-refractivity contribution is 5.91. The summed E-state index contributed by atoms with van der Waals surface area (Å²) in [6, 6.07) is 13.8. The first-order valence-electron chi connectivity index (χ1n) is 8.83. The Balaban J connectivity index is 1.70. The fourth-order valence-electron chi connectivity index (χ4n) is 2.61. The van der Waals surface area contributed by atoms with Crippen LogP contribution in [0, 0.1) is 17.0 Å². The molecule has 0 atom stereocenters. The lowest BCUT2D eigenvalue weighted by molar-refractivity contribution is -0.385. The van der Waals surface area contributed by atoms with Crippen LogP contribution in [-0.4, -0.2) is 43.5 Å². The van der Waals surface area contributed by atoms with Crippen molar-refractivity contribution in [2.24, 2.45) is 0 Å². The molecule has 0 bridgehead atoms. The second kappa shape index (κ2) is 10.1. The topological polar surface area (TPSA) is 102 Å². The summed E-state index contributed by atoms with van der Waals surface area (Å²) in [5.41, 5.74) is 1.54. The third kappa shape index (κ3) is 6.08. The predicted octanol–water partition coefficient (Wildman–Crippen LogP) is 2.70. The van der Waals surface area contributed by atoms with E-state index in [1.54, 1.807) is 0 Å². The summed E-state index contributed by atoms with van der Waals surface area (Å²) >= 11 is 0. The molecule has 2 aromatic carbocycles. The first kappa shape index (κ1) is 20.9. The van der Waals surface area contributed by atoms with Gasteiger partial charge in [0.25, 0.3) is 11.6 Å². The molecule has 0 aliphatic heterocycles. The number of rotatable bonds is 9. The van der Waals surface area contributed by atoms with Gasteiger partial charge in [0, 0.05) is 37.5 Å². The summed E-state index contributed by atoms with van der Waals surface area (Å²) < 4.78 is 4.96. The number of amides is 1. The number of aryl methyl sites for hydroxylation is 1. The maximum atomic E-state index is 12.0. The molecule has 2 aromatic rings. The van der Waals surface area contributed by atoms with Gasteiger partial charge in [-0.25, -0.2) is 4.79 Å². The van der Waals surface area contributed by atoms with E-state index in [1.807, 2.05) is 37.4 Å². The van der Waals surface area contributed by atoms with E-state index in [0.29, 0.717) is 12.1 Å². The Labute approximate surface area is 163 Å². The molecular weight excluding hydrogens is 362 g/mol. The van der Waals surface area contributed by atoms with Crippen LogP contribution in [0.5, 0.6) is 0 Å². The van der Waals surface area contributed by atoms with Crippen molar-refractivity contribution in [2.45, 2.75) is 13.3 Å². The van der Waals surface area contributed by atoms with E-state index in [0.717, 1.165) is 18.7 Å². The number of nitro groups is 1. The van der Waals surface area contributed by atoms with E-state index in [9.17, 15) is 19.7 Å². The van der Waals surface area contributed by atoms with Crippen LogP contribution in [0.4, 0.5) is 11.4 Å². The molecule has 2 rings (SSSR count). The van der Waals surface area contributed by atoms with E-state index in [2.05, 4.69) is 10.2 Å². The molecule has 28 heavy (non-hydrogen) atoms. The fourth-order valence-corrected chi connectivity index (χ4v) is 2.61. The van der Waals surface area contributed by atoms with Gasteiger partial charge in [0.15, 0.2) is 6.61 Å². The lowest BCUT2D eigenvalue weighted by Gasteiger charge is -2.19. The summed E-state index contributed by atoms with van der Waals surface area (Å²) in [6.45, 7) is 2.37. The summed E-state index contributed by atoms with van der Waals surface area (Å²) in [5.74, 6) is -1.09. The van der Waals surface area contributed by atoms with Gasteiger partial charge in [-0.05, 0) is 37.6 Å². The standard InChI is InChI=1S/C20H23N3O5/c1-15-13-16(9-10-18(15)23(26)27)20(25)28-14-19(24)21-11-6-12-22(2)17-7-4-3-5-8-17/h3-5,7-10,13H,6,11-12,14H2,1-2H3,(H,21,24). The molecular formula is C20H23N3O5. The van der Waals surface area contributed by atoms with Gasteiger partial charge in [-0.1, -0.05) is 18.2 Å². The van der Waals surface area contributed by atoms with Crippen LogP contribution in [-0.2, 0) is 9.53 Å². The molecule has 0 radical (unpaired) electrons. The van der Waals surface area contributed by atoms with Gasteiger partial charge in [-0.15, -0.1) is 0 Å². The van der Waals surface area contributed by atoms with E-state index >= 15 is 0 Å². The van der Waals surface area contributed by atoms with E-state index < -0.39 is 23.4 Å². The van der Waals surface area contributed by atoms with Crippen molar-refractivity contribution in [3.8, 4) is 0 Å². The minimum atomic E-state index is -0.697. The lowest BCUT2D eigenvalue weighted by Crippen LogP contribution is -2.31. The molecule has 0 aliphatic rings. The number of carbonyl (C=O) groups excluding carboxylic acids is 2. The zero-order chi connectivity index (χ0) is 20.5. The Morgan fingerprint density at radius 2 is 1.89 bits per heavy atom. The number of hydrogen-bond acceptors (Lipinski definition) is 6. The number of nitrogens with zero attached hydrogens (tertiary/aromatic N) is 2. The summed E-state index contributed by atoms with van der Waals surface area (Å²) in [6.07, 6.45) is 0.743. The van der Waals surface area contributed by atoms with Crippen molar-refractivity contribution in [3.63, 3.8) is 0 Å². The second-order valence-corrected chi connectivity index (χ2v) is 6.30. The molecule has 0 spiro atoms. The third-order valence-corrected chi connectivity index (χ3v) is 4.15. The molecule has 0 fully saturated rings. The van der Waals surface area contributed by atoms with Gasteiger partial charge < -0.3 is 15.0 Å².